The van der Waals surface area contributed by atoms with Crippen LogP contribution in [0.3, 0.4) is 0 Å². The number of aryl methyl sites for hydroxylation is 1. The summed E-state index contributed by atoms with van der Waals surface area (Å²) in [5, 5.41) is 12.5. The summed E-state index contributed by atoms with van der Waals surface area (Å²) in [4.78, 5) is 0. The number of hydrogen-bond donors (Lipinski definition) is 0. The molecule has 0 unspecified atom stereocenters. The fourth-order valence-electron chi connectivity index (χ4n) is 1.63. The number of aromatic nitrogens is 3. The van der Waals surface area contributed by atoms with E-state index in [2.05, 4.69) is 31.3 Å². The second-order valence-electron chi connectivity index (χ2n) is 4.07. The van der Waals surface area contributed by atoms with Gasteiger partial charge in [0.2, 0.25) is 5.89 Å². The van der Waals surface area contributed by atoms with Crippen molar-refractivity contribution in [2.75, 3.05) is 0 Å². The Morgan fingerprint density at radius 2 is 2.10 bits per heavy atom. The number of hydrogen-bond acceptors (Lipinski definition) is 6. The Hall–Kier alpha value is -1.60. The van der Waals surface area contributed by atoms with Crippen LogP contribution < -0.4 is 0 Å². The Morgan fingerprint density at radius 3 is 2.85 bits per heavy atom. The molecule has 2 heterocycles. The van der Waals surface area contributed by atoms with E-state index in [4.69, 9.17) is 8.94 Å². The van der Waals surface area contributed by atoms with Gasteiger partial charge in [0.1, 0.15) is 5.76 Å². The summed E-state index contributed by atoms with van der Waals surface area (Å²) in [7, 11) is 0. The molecule has 5 nitrogen and oxygen atoms in total. The second kappa shape index (κ2) is 5.80. The van der Waals surface area contributed by atoms with Gasteiger partial charge in [0, 0.05) is 16.3 Å². The molecule has 0 spiro atoms. The Kier molecular flexibility index (Phi) is 3.88. The molecule has 0 fully saturated rings. The lowest BCUT2D eigenvalue weighted by Gasteiger charge is -1.97. The van der Waals surface area contributed by atoms with Crippen LogP contribution in [0.1, 0.15) is 11.5 Å². The first-order chi connectivity index (χ1) is 9.72. The molecular weight excluding hydrogens is 342 g/mol. The predicted octanol–water partition coefficient (Wildman–Crippen LogP) is 4.09. The monoisotopic (exact) mass is 351 g/mol. The minimum Gasteiger partial charge on any atom is -0.411 e. The van der Waals surface area contributed by atoms with Crippen LogP contribution in [-0.4, -0.2) is 15.4 Å². The van der Waals surface area contributed by atoms with Crippen LogP contribution in [-0.2, 0) is 5.75 Å². The summed E-state index contributed by atoms with van der Waals surface area (Å²) >= 11 is 4.89. The lowest BCUT2D eigenvalue weighted by atomic mass is 10.2. The van der Waals surface area contributed by atoms with E-state index in [1.54, 1.807) is 0 Å². The van der Waals surface area contributed by atoms with Crippen LogP contribution in [0, 0.1) is 6.92 Å². The van der Waals surface area contributed by atoms with Gasteiger partial charge in [0.25, 0.3) is 5.22 Å². The third-order valence-corrected chi connectivity index (χ3v) is 4.07. The minimum absolute atomic E-state index is 0.497. The van der Waals surface area contributed by atoms with Gasteiger partial charge in [-0.1, -0.05) is 29.1 Å². The summed E-state index contributed by atoms with van der Waals surface area (Å²) in [6.07, 6.45) is 0. The number of rotatable bonds is 4. The molecule has 7 heteroatoms. The van der Waals surface area contributed by atoms with Crippen LogP contribution in [0.2, 0.25) is 0 Å². The van der Waals surface area contributed by atoms with Gasteiger partial charge in [-0.15, -0.1) is 10.2 Å². The van der Waals surface area contributed by atoms with Crippen LogP contribution in [0.15, 0.2) is 49.0 Å². The first kappa shape index (κ1) is 13.4. The number of thioether (sulfide) groups is 1. The van der Waals surface area contributed by atoms with Crippen molar-refractivity contribution in [1.82, 2.24) is 15.4 Å². The molecular formula is C13H10BrN3O2S. The van der Waals surface area contributed by atoms with E-state index in [1.165, 1.54) is 11.8 Å². The molecule has 0 radical (unpaired) electrons. The lowest BCUT2D eigenvalue weighted by Crippen LogP contribution is -1.79. The maximum Gasteiger partial charge on any atom is 0.277 e. The van der Waals surface area contributed by atoms with Crippen molar-refractivity contribution < 1.29 is 8.94 Å². The van der Waals surface area contributed by atoms with Gasteiger partial charge < -0.3 is 8.94 Å². The van der Waals surface area contributed by atoms with Crippen LogP contribution >= 0.6 is 27.7 Å². The van der Waals surface area contributed by atoms with Crippen molar-refractivity contribution in [1.29, 1.82) is 0 Å². The summed E-state index contributed by atoms with van der Waals surface area (Å²) in [6.45, 7) is 1.86. The molecule has 1 aromatic carbocycles. The number of benzene rings is 1. The highest BCUT2D eigenvalue weighted by Crippen LogP contribution is 2.29. The largest absolute Gasteiger partial charge is 0.411 e. The van der Waals surface area contributed by atoms with Crippen molar-refractivity contribution in [3.63, 3.8) is 0 Å². The Morgan fingerprint density at radius 1 is 1.25 bits per heavy atom. The van der Waals surface area contributed by atoms with E-state index >= 15 is 0 Å². The zero-order valence-electron chi connectivity index (χ0n) is 10.5. The van der Waals surface area contributed by atoms with Gasteiger partial charge in [-0.05, 0) is 35.0 Å². The first-order valence-corrected chi connectivity index (χ1v) is 7.63. The highest BCUT2D eigenvalue weighted by molar-refractivity contribution is 9.10. The molecule has 0 bridgehead atoms. The summed E-state index contributed by atoms with van der Waals surface area (Å²) in [5.41, 5.74) is 1.73. The molecule has 0 atom stereocenters. The fraction of sp³-hybridized carbons (Fsp3) is 0.154. The van der Waals surface area contributed by atoms with E-state index in [1.807, 2.05) is 37.3 Å². The van der Waals surface area contributed by atoms with Crippen molar-refractivity contribution in [3.05, 3.63) is 46.3 Å². The molecule has 102 valence electrons. The van der Waals surface area contributed by atoms with E-state index in [0.29, 0.717) is 16.9 Å². The van der Waals surface area contributed by atoms with E-state index in [-0.39, 0.29) is 0 Å². The molecule has 3 rings (SSSR count). The molecule has 2 aromatic heterocycles. The average molecular weight is 352 g/mol. The van der Waals surface area contributed by atoms with Crippen molar-refractivity contribution in [3.8, 4) is 11.5 Å². The minimum atomic E-state index is 0.497. The lowest BCUT2D eigenvalue weighted by molar-refractivity contribution is 0.392. The predicted molar refractivity (Wildman–Crippen MR) is 78.2 cm³/mol. The molecule has 0 N–H and O–H groups in total. The van der Waals surface area contributed by atoms with Gasteiger partial charge in [0.05, 0.1) is 11.3 Å². The zero-order chi connectivity index (χ0) is 13.9. The number of nitrogens with zero attached hydrogens (tertiary/aromatic N) is 3. The van der Waals surface area contributed by atoms with E-state index in [0.717, 1.165) is 21.5 Å². The van der Waals surface area contributed by atoms with E-state index < -0.39 is 0 Å². The van der Waals surface area contributed by atoms with Gasteiger partial charge in [-0.2, -0.15) is 0 Å². The molecule has 0 aliphatic heterocycles. The van der Waals surface area contributed by atoms with Crippen LogP contribution in [0.4, 0.5) is 0 Å². The maximum atomic E-state index is 5.63. The molecule has 0 saturated heterocycles. The summed E-state index contributed by atoms with van der Waals surface area (Å²) < 4.78 is 11.6. The third kappa shape index (κ3) is 2.94. The third-order valence-electron chi connectivity index (χ3n) is 2.53. The zero-order valence-corrected chi connectivity index (χ0v) is 12.9. The molecule has 0 saturated carbocycles. The Balaban J connectivity index is 1.72. The topological polar surface area (TPSA) is 65.0 Å². The smallest absolute Gasteiger partial charge is 0.277 e. The van der Waals surface area contributed by atoms with Gasteiger partial charge in [-0.25, -0.2) is 0 Å². The van der Waals surface area contributed by atoms with Crippen LogP contribution in [0.5, 0.6) is 0 Å². The summed E-state index contributed by atoms with van der Waals surface area (Å²) in [6, 6.07) is 9.61. The molecule has 20 heavy (non-hydrogen) atoms. The van der Waals surface area contributed by atoms with Crippen molar-refractivity contribution in [2.24, 2.45) is 0 Å². The number of halogens is 1. The second-order valence-corrected chi connectivity index (χ2v) is 5.85. The van der Waals surface area contributed by atoms with Gasteiger partial charge >= 0.3 is 0 Å². The summed E-state index contributed by atoms with van der Waals surface area (Å²) in [5.74, 6) is 1.92. The van der Waals surface area contributed by atoms with Gasteiger partial charge in [-0.3, -0.25) is 0 Å². The quantitative estimate of drug-likeness (QED) is 0.659. The molecule has 0 amide bonds. The Labute approximate surface area is 127 Å². The highest BCUT2D eigenvalue weighted by atomic mass is 79.9. The normalized spacial score (nSPS) is 10.9. The van der Waals surface area contributed by atoms with Gasteiger partial charge in [0.15, 0.2) is 0 Å². The van der Waals surface area contributed by atoms with Crippen molar-refractivity contribution >= 4 is 27.7 Å². The van der Waals surface area contributed by atoms with Crippen molar-refractivity contribution in [2.45, 2.75) is 17.9 Å². The highest BCUT2D eigenvalue weighted by Gasteiger charge is 2.12. The standard InChI is InChI=1S/C13H10BrN3O2S/c1-8-6-9(17-19-8)7-20-13-16-15-12(18-13)10-4-2-3-5-11(10)14/h2-6H,7H2,1H3. The SMILES string of the molecule is Cc1cc(CSc2nnc(-c3ccccc3Br)o2)no1. The average Bonchev–Trinajstić information content (AvgIpc) is 3.06. The maximum absolute atomic E-state index is 5.63. The molecule has 0 aliphatic rings. The van der Waals surface area contributed by atoms with Crippen LogP contribution in [0.25, 0.3) is 11.5 Å². The fourth-order valence-corrected chi connectivity index (χ4v) is 2.73. The Bertz CT molecular complexity index is 726. The molecule has 0 aliphatic carbocycles. The first-order valence-electron chi connectivity index (χ1n) is 5.86. The molecule has 3 aromatic rings. The van der Waals surface area contributed by atoms with E-state index in [9.17, 15) is 0 Å².